The molecule has 2 aromatic heterocycles. The zero-order valence-electron chi connectivity index (χ0n) is 18.2. The third-order valence-electron chi connectivity index (χ3n) is 5.00. The second-order valence-electron chi connectivity index (χ2n) is 8.24. The minimum absolute atomic E-state index is 0.0736. The summed E-state index contributed by atoms with van der Waals surface area (Å²) in [6, 6.07) is 6.27. The Balaban J connectivity index is 1.77. The van der Waals surface area contributed by atoms with E-state index in [-0.39, 0.29) is 39.5 Å². The predicted molar refractivity (Wildman–Crippen MR) is 127 cm³/mol. The van der Waals surface area contributed by atoms with E-state index in [1.165, 1.54) is 35.2 Å². The molecule has 172 valence electrons. The van der Waals surface area contributed by atoms with Crippen LogP contribution in [0.5, 0.6) is 0 Å². The summed E-state index contributed by atoms with van der Waals surface area (Å²) in [5, 5.41) is 4.70. The molecule has 0 aliphatic rings. The van der Waals surface area contributed by atoms with Crippen LogP contribution in [0.15, 0.2) is 46.2 Å². The fourth-order valence-corrected chi connectivity index (χ4v) is 4.60. The van der Waals surface area contributed by atoms with Gasteiger partial charge in [-0.1, -0.05) is 23.7 Å². The minimum Gasteiger partial charge on any atom is -0.365 e. The first kappa shape index (κ1) is 24.4. The number of pyridine rings is 1. The van der Waals surface area contributed by atoms with Crippen LogP contribution in [0, 0.1) is 5.82 Å². The fourth-order valence-electron chi connectivity index (χ4n) is 2.77. The van der Waals surface area contributed by atoms with Gasteiger partial charge in [-0.2, -0.15) is 0 Å². The van der Waals surface area contributed by atoms with Gasteiger partial charge >= 0.3 is 0 Å². The molecule has 3 aromatic rings. The van der Waals surface area contributed by atoms with Gasteiger partial charge in [0.15, 0.2) is 5.82 Å². The summed E-state index contributed by atoms with van der Waals surface area (Å²) in [6.45, 7) is 6.99. The fraction of sp³-hybridized carbons (Fsp3) is 0.333. The predicted octanol–water partition coefficient (Wildman–Crippen LogP) is 4.97. The molecular weight excluding hydrogens is 473 g/mol. The van der Waals surface area contributed by atoms with Gasteiger partial charge in [-0.15, -0.1) is 11.3 Å². The summed E-state index contributed by atoms with van der Waals surface area (Å²) in [5.74, 6) is 0.151. The SMILES string of the molecule is CN(Cc1cccc(F)c1CNc1ncc(S(=O)(=O)Nc2cscn2)cc1Cl)C(C)(C)C. The highest BCUT2D eigenvalue weighted by Crippen LogP contribution is 2.26. The maximum absolute atomic E-state index is 14.6. The van der Waals surface area contributed by atoms with Gasteiger partial charge in [-0.3, -0.25) is 9.62 Å². The van der Waals surface area contributed by atoms with E-state index in [2.05, 4.69) is 45.7 Å². The van der Waals surface area contributed by atoms with E-state index >= 15 is 0 Å². The quantitative estimate of drug-likeness (QED) is 0.456. The van der Waals surface area contributed by atoms with Crippen molar-refractivity contribution in [1.29, 1.82) is 0 Å². The molecule has 7 nitrogen and oxygen atoms in total. The van der Waals surface area contributed by atoms with E-state index in [9.17, 15) is 12.8 Å². The van der Waals surface area contributed by atoms with E-state index in [1.807, 2.05) is 13.1 Å². The molecule has 0 unspecified atom stereocenters. The Bertz CT molecular complexity index is 1180. The largest absolute Gasteiger partial charge is 0.365 e. The van der Waals surface area contributed by atoms with Gasteiger partial charge in [-0.05, 0) is 45.5 Å². The lowest BCUT2D eigenvalue weighted by molar-refractivity contribution is 0.167. The number of nitrogens with one attached hydrogen (secondary N) is 2. The van der Waals surface area contributed by atoms with E-state index in [0.717, 1.165) is 5.56 Å². The van der Waals surface area contributed by atoms with Crippen molar-refractivity contribution in [3.05, 3.63) is 63.3 Å². The highest BCUT2D eigenvalue weighted by atomic mass is 35.5. The van der Waals surface area contributed by atoms with Crippen molar-refractivity contribution in [1.82, 2.24) is 14.9 Å². The highest BCUT2D eigenvalue weighted by Gasteiger charge is 2.20. The maximum atomic E-state index is 14.6. The van der Waals surface area contributed by atoms with Gasteiger partial charge in [0.05, 0.1) is 10.5 Å². The third kappa shape index (κ3) is 5.94. The Labute approximate surface area is 196 Å². The number of nitrogens with zero attached hydrogens (tertiary/aromatic N) is 3. The molecule has 0 saturated heterocycles. The van der Waals surface area contributed by atoms with Crippen LogP contribution in [0.3, 0.4) is 0 Å². The van der Waals surface area contributed by atoms with Crippen LogP contribution in [0.25, 0.3) is 0 Å². The van der Waals surface area contributed by atoms with Crippen molar-refractivity contribution in [2.45, 2.75) is 44.3 Å². The van der Waals surface area contributed by atoms with Gasteiger partial charge in [0.2, 0.25) is 0 Å². The lowest BCUT2D eigenvalue weighted by atomic mass is 10.0. The standard InChI is InChI=1S/C21H25ClFN5O2S2/c1-21(2,3)28(4)11-14-6-5-7-18(23)16(14)10-25-20-17(22)8-15(9-24-20)32(29,30)27-19-12-31-13-26-19/h5-9,12-13,27H,10-11H2,1-4H3,(H,24,25). The molecule has 0 radical (unpaired) electrons. The number of benzene rings is 1. The average Bonchev–Trinajstić information content (AvgIpc) is 3.20. The van der Waals surface area contributed by atoms with Crippen molar-refractivity contribution in [3.8, 4) is 0 Å². The van der Waals surface area contributed by atoms with Crippen molar-refractivity contribution < 1.29 is 12.8 Å². The highest BCUT2D eigenvalue weighted by molar-refractivity contribution is 7.92. The number of halogens is 2. The number of hydrogen-bond acceptors (Lipinski definition) is 7. The molecule has 2 N–H and O–H groups in total. The molecule has 0 fully saturated rings. The van der Waals surface area contributed by atoms with Crippen molar-refractivity contribution in [2.75, 3.05) is 17.1 Å². The molecule has 0 spiro atoms. The lowest BCUT2D eigenvalue weighted by Gasteiger charge is -2.32. The third-order valence-corrected chi connectivity index (χ3v) is 7.20. The van der Waals surface area contributed by atoms with Gasteiger partial charge < -0.3 is 5.32 Å². The first-order chi connectivity index (χ1) is 15.0. The van der Waals surface area contributed by atoms with Crippen LogP contribution in [0.4, 0.5) is 16.0 Å². The second-order valence-corrected chi connectivity index (χ2v) is 11.0. The number of hydrogen-bond donors (Lipinski definition) is 2. The first-order valence-electron chi connectivity index (χ1n) is 9.75. The van der Waals surface area contributed by atoms with E-state index < -0.39 is 10.0 Å². The van der Waals surface area contributed by atoms with Gasteiger partial charge in [-0.25, -0.2) is 22.8 Å². The monoisotopic (exact) mass is 497 g/mol. The van der Waals surface area contributed by atoms with Crippen molar-refractivity contribution in [2.24, 2.45) is 0 Å². The maximum Gasteiger partial charge on any atom is 0.264 e. The molecule has 0 saturated carbocycles. The van der Waals surface area contributed by atoms with Crippen LogP contribution in [-0.2, 0) is 23.1 Å². The number of thiazole rings is 1. The Hall–Kier alpha value is -2.27. The topological polar surface area (TPSA) is 87.2 Å². The second kappa shape index (κ2) is 9.70. The zero-order chi connectivity index (χ0) is 23.5. The molecule has 3 rings (SSSR count). The molecule has 0 aliphatic carbocycles. The molecule has 0 amide bonds. The molecule has 11 heteroatoms. The van der Waals surface area contributed by atoms with Crippen LogP contribution < -0.4 is 10.0 Å². The van der Waals surface area contributed by atoms with Crippen LogP contribution in [-0.4, -0.2) is 35.9 Å². The summed E-state index contributed by atoms with van der Waals surface area (Å²) in [6.07, 6.45) is 1.19. The van der Waals surface area contributed by atoms with Gasteiger partial charge in [0.25, 0.3) is 10.0 Å². The lowest BCUT2D eigenvalue weighted by Crippen LogP contribution is -2.37. The molecule has 32 heavy (non-hydrogen) atoms. The zero-order valence-corrected chi connectivity index (χ0v) is 20.6. The number of rotatable bonds is 8. The van der Waals surface area contributed by atoms with Crippen LogP contribution in [0.2, 0.25) is 5.02 Å². The van der Waals surface area contributed by atoms with E-state index in [4.69, 9.17) is 11.6 Å². The molecule has 0 atom stereocenters. The van der Waals surface area contributed by atoms with Crippen molar-refractivity contribution in [3.63, 3.8) is 0 Å². The summed E-state index contributed by atoms with van der Waals surface area (Å²) < 4.78 is 42.0. The summed E-state index contributed by atoms with van der Waals surface area (Å²) in [4.78, 5) is 10.1. The van der Waals surface area contributed by atoms with E-state index in [1.54, 1.807) is 11.4 Å². The Kier molecular flexibility index (Phi) is 7.39. The number of aromatic nitrogens is 2. The molecule has 1 aromatic carbocycles. The Morgan fingerprint density at radius 3 is 2.62 bits per heavy atom. The molecule has 0 bridgehead atoms. The van der Waals surface area contributed by atoms with Crippen LogP contribution in [0.1, 0.15) is 31.9 Å². The summed E-state index contributed by atoms with van der Waals surface area (Å²) in [5.41, 5.74) is 2.79. The van der Waals surface area contributed by atoms with Crippen LogP contribution >= 0.6 is 22.9 Å². The minimum atomic E-state index is -3.88. The van der Waals surface area contributed by atoms with Gasteiger partial charge in [0, 0.05) is 35.8 Å². The smallest absolute Gasteiger partial charge is 0.264 e. The summed E-state index contributed by atoms with van der Waals surface area (Å²) in [7, 11) is -1.89. The Morgan fingerprint density at radius 2 is 2.00 bits per heavy atom. The molecule has 2 heterocycles. The number of sulfonamides is 1. The normalized spacial score (nSPS) is 12.2. The first-order valence-corrected chi connectivity index (χ1v) is 12.6. The van der Waals surface area contributed by atoms with Gasteiger partial charge in [0.1, 0.15) is 16.5 Å². The Morgan fingerprint density at radius 1 is 1.25 bits per heavy atom. The van der Waals surface area contributed by atoms with E-state index in [0.29, 0.717) is 12.1 Å². The average molecular weight is 498 g/mol. The number of anilines is 2. The van der Waals surface area contributed by atoms with Crippen molar-refractivity contribution >= 4 is 44.6 Å². The molecule has 0 aliphatic heterocycles. The molecular formula is C21H25ClFN5O2S2. The summed E-state index contributed by atoms with van der Waals surface area (Å²) >= 11 is 7.54.